The van der Waals surface area contributed by atoms with E-state index in [1.54, 1.807) is 18.6 Å². The molecule has 7 nitrogen and oxygen atoms in total. The van der Waals surface area contributed by atoms with Gasteiger partial charge in [0.05, 0.1) is 11.9 Å². The molecule has 0 unspecified atom stereocenters. The van der Waals surface area contributed by atoms with Crippen molar-refractivity contribution in [3.05, 3.63) is 84.8 Å². The zero-order valence-electron chi connectivity index (χ0n) is 17.3. The third-order valence-corrected chi connectivity index (χ3v) is 5.55. The minimum absolute atomic E-state index is 0.410. The Kier molecular flexibility index (Phi) is 5.21. The second-order valence-electron chi connectivity index (χ2n) is 7.58. The smallest absolute Gasteiger partial charge is 0.407 e. The van der Waals surface area contributed by atoms with Crippen molar-refractivity contribution in [2.75, 3.05) is 18.4 Å². The summed E-state index contributed by atoms with van der Waals surface area (Å²) in [5, 5.41) is 14.6. The van der Waals surface area contributed by atoms with Gasteiger partial charge in [-0.3, -0.25) is 4.98 Å². The highest BCUT2D eigenvalue weighted by Gasteiger charge is 2.17. The fourth-order valence-corrected chi connectivity index (χ4v) is 3.95. The number of aromatic nitrogens is 3. The van der Waals surface area contributed by atoms with Crippen molar-refractivity contribution in [1.82, 2.24) is 19.9 Å². The summed E-state index contributed by atoms with van der Waals surface area (Å²) in [5.41, 5.74) is 4.12. The number of pyridine rings is 1. The summed E-state index contributed by atoms with van der Waals surface area (Å²) in [7, 11) is 0. The third-order valence-electron chi connectivity index (χ3n) is 5.55. The van der Waals surface area contributed by atoms with E-state index < -0.39 is 6.09 Å². The first-order chi connectivity index (χ1) is 15.7. The molecule has 0 radical (unpaired) electrons. The summed E-state index contributed by atoms with van der Waals surface area (Å²) in [5.74, 6) is 1.32. The van der Waals surface area contributed by atoms with Crippen LogP contribution >= 0.6 is 0 Å². The molecule has 0 atom stereocenters. The first-order valence-electron chi connectivity index (χ1n) is 10.4. The van der Waals surface area contributed by atoms with Gasteiger partial charge in [-0.2, -0.15) is 0 Å². The normalized spacial score (nSPS) is 13.6. The topological polar surface area (TPSA) is 91.2 Å². The van der Waals surface area contributed by atoms with E-state index in [-0.39, 0.29) is 0 Å². The maximum absolute atomic E-state index is 11.2. The Bertz CT molecular complexity index is 1320. The summed E-state index contributed by atoms with van der Waals surface area (Å²) < 4.78 is 0. The molecule has 4 aromatic rings. The maximum Gasteiger partial charge on any atom is 0.407 e. The van der Waals surface area contributed by atoms with Gasteiger partial charge in [-0.15, -0.1) is 0 Å². The second kappa shape index (κ2) is 8.47. The second-order valence-corrected chi connectivity index (χ2v) is 7.58. The molecule has 2 aromatic carbocycles. The zero-order valence-corrected chi connectivity index (χ0v) is 17.3. The van der Waals surface area contributed by atoms with Gasteiger partial charge in [-0.05, 0) is 35.1 Å². The highest BCUT2D eigenvalue weighted by molar-refractivity contribution is 5.97. The quantitative estimate of drug-likeness (QED) is 0.469. The SMILES string of the molecule is O=C(O)N1CC=C(c2cccc(-c3nc(Nc4cnccn4)cc4ccccc34)c2)CC1. The standard InChI is InChI=1S/C25H21N5O2/c31-25(32)30-12-8-17(9-13-30)18-5-3-6-20(14-18)24-21-7-2-1-4-19(21)15-22(29-24)28-23-16-26-10-11-27-23/h1-8,10-11,14-16H,9,12-13H2,(H,31,32)(H,27,28,29). The summed E-state index contributed by atoms with van der Waals surface area (Å²) in [6, 6.07) is 18.4. The number of nitrogens with one attached hydrogen (secondary N) is 1. The number of carboxylic acid groups (broad SMARTS) is 1. The molecule has 0 saturated carbocycles. The number of benzene rings is 2. The Morgan fingerprint density at radius 1 is 1.00 bits per heavy atom. The van der Waals surface area contributed by atoms with Crippen LogP contribution in [0.25, 0.3) is 27.6 Å². The number of rotatable bonds is 4. The number of anilines is 2. The van der Waals surface area contributed by atoms with Crippen LogP contribution in [0.3, 0.4) is 0 Å². The van der Waals surface area contributed by atoms with Gasteiger partial charge >= 0.3 is 6.09 Å². The Morgan fingerprint density at radius 2 is 1.88 bits per heavy atom. The first-order valence-corrected chi connectivity index (χ1v) is 10.4. The van der Waals surface area contributed by atoms with Crippen molar-refractivity contribution in [2.24, 2.45) is 0 Å². The number of carbonyl (C=O) groups is 1. The Morgan fingerprint density at radius 3 is 2.66 bits per heavy atom. The van der Waals surface area contributed by atoms with Crippen LogP contribution in [0.15, 0.2) is 79.3 Å². The Hall–Kier alpha value is -4.26. The van der Waals surface area contributed by atoms with Crippen LogP contribution in [0.2, 0.25) is 0 Å². The lowest BCUT2D eigenvalue weighted by atomic mass is 9.95. The fourth-order valence-electron chi connectivity index (χ4n) is 3.95. The van der Waals surface area contributed by atoms with E-state index >= 15 is 0 Å². The van der Waals surface area contributed by atoms with Gasteiger partial charge in [0, 0.05) is 36.4 Å². The number of hydrogen-bond donors (Lipinski definition) is 2. The number of fused-ring (bicyclic) bond motifs is 1. The van der Waals surface area contributed by atoms with Crippen LogP contribution in [0, 0.1) is 0 Å². The number of nitrogens with zero attached hydrogens (tertiary/aromatic N) is 4. The van der Waals surface area contributed by atoms with Crippen molar-refractivity contribution in [1.29, 1.82) is 0 Å². The molecule has 0 saturated heterocycles. The molecule has 0 aliphatic carbocycles. The molecule has 1 aliphatic heterocycles. The molecule has 5 rings (SSSR count). The molecule has 2 aromatic heterocycles. The molecule has 32 heavy (non-hydrogen) atoms. The minimum atomic E-state index is -0.878. The molecule has 1 aliphatic rings. The fraction of sp³-hybridized carbons (Fsp3) is 0.120. The average molecular weight is 423 g/mol. The largest absolute Gasteiger partial charge is 0.465 e. The average Bonchev–Trinajstić information content (AvgIpc) is 2.84. The van der Waals surface area contributed by atoms with Gasteiger partial charge in [0.1, 0.15) is 11.6 Å². The van der Waals surface area contributed by atoms with Crippen molar-refractivity contribution in [2.45, 2.75) is 6.42 Å². The lowest BCUT2D eigenvalue weighted by Crippen LogP contribution is -2.33. The summed E-state index contributed by atoms with van der Waals surface area (Å²) >= 11 is 0. The van der Waals surface area contributed by atoms with E-state index in [9.17, 15) is 9.90 Å². The molecule has 0 fully saturated rings. The summed E-state index contributed by atoms with van der Waals surface area (Å²) in [6.45, 7) is 0.914. The summed E-state index contributed by atoms with van der Waals surface area (Å²) in [4.78, 5) is 25.9. The van der Waals surface area contributed by atoms with Crippen LogP contribution in [0.5, 0.6) is 0 Å². The number of amides is 1. The van der Waals surface area contributed by atoms with Crippen LogP contribution in [0.1, 0.15) is 12.0 Å². The first kappa shape index (κ1) is 19.7. The van der Waals surface area contributed by atoms with Crippen LogP contribution < -0.4 is 5.32 Å². The Labute approximate surface area is 185 Å². The highest BCUT2D eigenvalue weighted by atomic mass is 16.4. The van der Waals surface area contributed by atoms with Gasteiger partial charge in [0.2, 0.25) is 0 Å². The van der Waals surface area contributed by atoms with Gasteiger partial charge in [-0.25, -0.2) is 14.8 Å². The number of hydrogen-bond acceptors (Lipinski definition) is 5. The maximum atomic E-state index is 11.2. The minimum Gasteiger partial charge on any atom is -0.465 e. The van der Waals surface area contributed by atoms with E-state index in [0.717, 1.165) is 33.2 Å². The van der Waals surface area contributed by atoms with Gasteiger partial charge in [0.15, 0.2) is 0 Å². The van der Waals surface area contributed by atoms with E-state index in [4.69, 9.17) is 4.98 Å². The highest BCUT2D eigenvalue weighted by Crippen LogP contribution is 2.32. The van der Waals surface area contributed by atoms with Crippen molar-refractivity contribution in [3.63, 3.8) is 0 Å². The molecule has 1 amide bonds. The Balaban J connectivity index is 1.54. The zero-order chi connectivity index (χ0) is 21.9. The summed E-state index contributed by atoms with van der Waals surface area (Å²) in [6.07, 6.45) is 6.74. The van der Waals surface area contributed by atoms with E-state index in [0.29, 0.717) is 31.1 Å². The van der Waals surface area contributed by atoms with Crippen LogP contribution in [-0.2, 0) is 0 Å². The molecule has 2 N–H and O–H groups in total. The van der Waals surface area contributed by atoms with Crippen LogP contribution in [0.4, 0.5) is 16.4 Å². The van der Waals surface area contributed by atoms with Crippen molar-refractivity contribution in [3.8, 4) is 11.3 Å². The predicted molar refractivity (Wildman–Crippen MR) is 125 cm³/mol. The van der Waals surface area contributed by atoms with E-state index in [2.05, 4.69) is 45.6 Å². The van der Waals surface area contributed by atoms with Gasteiger partial charge in [-0.1, -0.05) is 48.5 Å². The van der Waals surface area contributed by atoms with Crippen LogP contribution in [-0.4, -0.2) is 44.1 Å². The monoisotopic (exact) mass is 423 g/mol. The molecule has 0 bridgehead atoms. The van der Waals surface area contributed by atoms with Gasteiger partial charge < -0.3 is 15.3 Å². The lowest BCUT2D eigenvalue weighted by Gasteiger charge is -2.24. The van der Waals surface area contributed by atoms with Gasteiger partial charge in [0.25, 0.3) is 0 Å². The molecule has 3 heterocycles. The molecular formula is C25H21N5O2. The van der Waals surface area contributed by atoms with Crippen molar-refractivity contribution >= 4 is 34.1 Å². The predicted octanol–water partition coefficient (Wildman–Crippen LogP) is 5.20. The molecule has 7 heteroatoms. The molecular weight excluding hydrogens is 402 g/mol. The van der Waals surface area contributed by atoms with E-state index in [1.165, 1.54) is 4.90 Å². The molecule has 0 spiro atoms. The third kappa shape index (κ3) is 4.00. The lowest BCUT2D eigenvalue weighted by molar-refractivity contribution is 0.150. The molecule has 158 valence electrons. The van der Waals surface area contributed by atoms with Crippen molar-refractivity contribution < 1.29 is 9.90 Å². The van der Waals surface area contributed by atoms with E-state index in [1.807, 2.05) is 30.3 Å².